The van der Waals surface area contributed by atoms with Gasteiger partial charge >= 0.3 is 0 Å². The van der Waals surface area contributed by atoms with Crippen molar-refractivity contribution in [1.82, 2.24) is 0 Å². The van der Waals surface area contributed by atoms with E-state index in [9.17, 15) is 9.18 Å². The molecule has 3 rings (SSSR count). The fraction of sp³-hybridized carbons (Fsp3) is 0.0800. The molecule has 3 aromatic carbocycles. The number of hydrogen-bond donors (Lipinski definition) is 0. The Bertz CT molecular complexity index is 953. The summed E-state index contributed by atoms with van der Waals surface area (Å²) in [7, 11) is 0. The highest BCUT2D eigenvalue weighted by molar-refractivity contribution is 6.06. The van der Waals surface area contributed by atoms with Gasteiger partial charge in [0.25, 0.3) is 0 Å². The SMILES string of the molecule is C=Cc1ccc(CCOc2ccc(C=CC(=O)c3ccc(F)cc3)cc2)cc1. The highest BCUT2D eigenvalue weighted by Gasteiger charge is 2.02. The number of halogens is 1. The number of rotatable bonds is 8. The maximum absolute atomic E-state index is 12.9. The summed E-state index contributed by atoms with van der Waals surface area (Å²) in [6.07, 6.45) is 5.86. The van der Waals surface area contributed by atoms with E-state index in [0.29, 0.717) is 12.2 Å². The van der Waals surface area contributed by atoms with E-state index in [4.69, 9.17) is 4.74 Å². The first-order valence-electron chi connectivity index (χ1n) is 9.06. The van der Waals surface area contributed by atoms with Gasteiger partial charge in [-0.25, -0.2) is 4.39 Å². The summed E-state index contributed by atoms with van der Waals surface area (Å²) in [6.45, 7) is 4.34. The van der Waals surface area contributed by atoms with Gasteiger partial charge in [0.2, 0.25) is 0 Å². The largest absolute Gasteiger partial charge is 0.493 e. The molecule has 0 amide bonds. The minimum atomic E-state index is -0.357. The van der Waals surface area contributed by atoms with Crippen molar-refractivity contribution >= 4 is 17.9 Å². The second-order valence-corrected chi connectivity index (χ2v) is 6.32. The molecule has 0 atom stereocenters. The molecule has 0 unspecified atom stereocenters. The summed E-state index contributed by atoms with van der Waals surface area (Å²) in [5.74, 6) is 0.261. The topological polar surface area (TPSA) is 26.3 Å². The van der Waals surface area contributed by atoms with E-state index < -0.39 is 0 Å². The van der Waals surface area contributed by atoms with Gasteiger partial charge in [-0.15, -0.1) is 0 Å². The Balaban J connectivity index is 1.50. The first kappa shape index (κ1) is 19.3. The van der Waals surface area contributed by atoms with Crippen molar-refractivity contribution in [1.29, 1.82) is 0 Å². The van der Waals surface area contributed by atoms with Gasteiger partial charge in [0.15, 0.2) is 5.78 Å². The lowest BCUT2D eigenvalue weighted by Crippen LogP contribution is -2.01. The lowest BCUT2D eigenvalue weighted by Gasteiger charge is -2.07. The number of allylic oxidation sites excluding steroid dienone is 1. The number of hydrogen-bond acceptors (Lipinski definition) is 2. The zero-order valence-electron chi connectivity index (χ0n) is 15.5. The normalized spacial score (nSPS) is 10.8. The first-order chi connectivity index (χ1) is 13.6. The predicted molar refractivity (Wildman–Crippen MR) is 112 cm³/mol. The molecule has 28 heavy (non-hydrogen) atoms. The van der Waals surface area contributed by atoms with Crippen LogP contribution in [0.2, 0.25) is 0 Å². The highest BCUT2D eigenvalue weighted by atomic mass is 19.1. The van der Waals surface area contributed by atoms with Gasteiger partial charge < -0.3 is 4.74 Å². The minimum Gasteiger partial charge on any atom is -0.493 e. The number of ether oxygens (including phenoxy) is 1. The lowest BCUT2D eigenvalue weighted by molar-refractivity contribution is 0.104. The van der Waals surface area contributed by atoms with E-state index >= 15 is 0 Å². The van der Waals surface area contributed by atoms with E-state index in [0.717, 1.165) is 23.3 Å². The molecule has 0 aliphatic rings. The third-order valence-electron chi connectivity index (χ3n) is 4.31. The minimum absolute atomic E-state index is 0.164. The fourth-order valence-corrected chi connectivity index (χ4v) is 2.66. The van der Waals surface area contributed by atoms with E-state index in [2.05, 4.69) is 18.7 Å². The molecule has 0 bridgehead atoms. The molecule has 3 heteroatoms. The van der Waals surface area contributed by atoms with Crippen molar-refractivity contribution in [3.05, 3.63) is 114 Å². The molecule has 3 aromatic rings. The third kappa shape index (κ3) is 5.52. The van der Waals surface area contributed by atoms with E-state index in [1.54, 1.807) is 6.08 Å². The monoisotopic (exact) mass is 372 g/mol. The molecule has 0 spiro atoms. The van der Waals surface area contributed by atoms with E-state index in [1.165, 1.54) is 35.9 Å². The molecule has 140 valence electrons. The number of ketones is 1. The Labute approximate surface area is 164 Å². The van der Waals surface area contributed by atoms with Crippen LogP contribution in [0.5, 0.6) is 5.75 Å². The van der Waals surface area contributed by atoms with Crippen LogP contribution in [0.25, 0.3) is 12.2 Å². The van der Waals surface area contributed by atoms with E-state index in [-0.39, 0.29) is 11.6 Å². The Kier molecular flexibility index (Phi) is 6.53. The molecule has 0 aliphatic carbocycles. The molecule has 2 nitrogen and oxygen atoms in total. The average Bonchev–Trinajstić information content (AvgIpc) is 2.74. The molecule has 0 aromatic heterocycles. The van der Waals surface area contributed by atoms with Crippen LogP contribution in [0, 0.1) is 5.82 Å². The summed E-state index contributed by atoms with van der Waals surface area (Å²) in [5.41, 5.74) is 3.66. The maximum atomic E-state index is 12.9. The second-order valence-electron chi connectivity index (χ2n) is 6.32. The van der Waals surface area contributed by atoms with Crippen LogP contribution in [0.1, 0.15) is 27.0 Å². The van der Waals surface area contributed by atoms with Gasteiger partial charge in [0.05, 0.1) is 6.61 Å². The Morgan fingerprint density at radius 2 is 1.54 bits per heavy atom. The van der Waals surface area contributed by atoms with Crippen molar-refractivity contribution in [3.8, 4) is 5.75 Å². The summed E-state index contributed by atoms with van der Waals surface area (Å²) in [4.78, 5) is 12.1. The van der Waals surface area contributed by atoms with Gasteiger partial charge in [0, 0.05) is 12.0 Å². The van der Waals surface area contributed by atoms with Crippen molar-refractivity contribution in [2.45, 2.75) is 6.42 Å². The van der Waals surface area contributed by atoms with Crippen molar-refractivity contribution in [3.63, 3.8) is 0 Å². The summed E-state index contributed by atoms with van der Waals surface area (Å²) >= 11 is 0. The molecule has 0 heterocycles. The van der Waals surface area contributed by atoms with Gasteiger partial charge in [-0.1, -0.05) is 55.1 Å². The Morgan fingerprint density at radius 3 is 2.18 bits per heavy atom. The standard InChI is InChI=1S/C25H21FO2/c1-2-19-3-5-21(6-4-19)17-18-28-24-14-7-20(8-15-24)9-16-25(27)22-10-12-23(26)13-11-22/h2-16H,1,17-18H2. The number of carbonyl (C=O) groups is 1. The Morgan fingerprint density at radius 1 is 0.893 bits per heavy atom. The van der Waals surface area contributed by atoms with Gasteiger partial charge in [-0.05, 0) is 59.2 Å². The Hall–Kier alpha value is -3.46. The second kappa shape index (κ2) is 9.47. The zero-order valence-corrected chi connectivity index (χ0v) is 15.5. The van der Waals surface area contributed by atoms with Crippen LogP contribution >= 0.6 is 0 Å². The average molecular weight is 372 g/mol. The van der Waals surface area contributed by atoms with Crippen LogP contribution in [0.4, 0.5) is 4.39 Å². The van der Waals surface area contributed by atoms with Gasteiger partial charge in [-0.3, -0.25) is 4.79 Å². The van der Waals surface area contributed by atoms with E-state index in [1.807, 2.05) is 42.5 Å². The van der Waals surface area contributed by atoms with Crippen LogP contribution in [0.15, 0.2) is 85.5 Å². The molecule has 0 saturated carbocycles. The quantitative estimate of drug-likeness (QED) is 0.359. The zero-order chi connectivity index (χ0) is 19.8. The molecular formula is C25H21FO2. The molecule has 0 aliphatic heterocycles. The van der Waals surface area contributed by atoms with Crippen molar-refractivity contribution < 1.29 is 13.9 Å². The van der Waals surface area contributed by atoms with Crippen molar-refractivity contribution in [2.24, 2.45) is 0 Å². The third-order valence-corrected chi connectivity index (χ3v) is 4.31. The molecular weight excluding hydrogens is 351 g/mol. The summed E-state index contributed by atoms with van der Waals surface area (Å²) in [6, 6.07) is 21.3. The van der Waals surface area contributed by atoms with Crippen LogP contribution in [0.3, 0.4) is 0 Å². The molecule has 0 saturated heterocycles. The summed E-state index contributed by atoms with van der Waals surface area (Å²) < 4.78 is 18.7. The molecule has 0 radical (unpaired) electrons. The van der Waals surface area contributed by atoms with Gasteiger partial charge in [-0.2, -0.15) is 0 Å². The number of benzene rings is 3. The smallest absolute Gasteiger partial charge is 0.185 e. The maximum Gasteiger partial charge on any atom is 0.185 e. The molecule has 0 N–H and O–H groups in total. The predicted octanol–water partition coefficient (Wildman–Crippen LogP) is 5.99. The fourth-order valence-electron chi connectivity index (χ4n) is 2.66. The highest BCUT2D eigenvalue weighted by Crippen LogP contribution is 2.15. The first-order valence-corrected chi connectivity index (χ1v) is 9.06. The molecule has 0 fully saturated rings. The van der Waals surface area contributed by atoms with Crippen LogP contribution in [-0.2, 0) is 6.42 Å². The summed E-state index contributed by atoms with van der Waals surface area (Å²) in [5, 5.41) is 0. The van der Waals surface area contributed by atoms with Crippen molar-refractivity contribution in [2.75, 3.05) is 6.61 Å². The van der Waals surface area contributed by atoms with Crippen LogP contribution in [-0.4, -0.2) is 12.4 Å². The van der Waals surface area contributed by atoms with Crippen LogP contribution < -0.4 is 4.74 Å². The van der Waals surface area contributed by atoms with Gasteiger partial charge in [0.1, 0.15) is 11.6 Å². The lowest BCUT2D eigenvalue weighted by atomic mass is 10.1. The number of carbonyl (C=O) groups excluding carboxylic acids is 1.